The van der Waals surface area contributed by atoms with Crippen LogP contribution in [0.15, 0.2) is 59.1 Å². The van der Waals surface area contributed by atoms with Gasteiger partial charge in [0, 0.05) is 38.1 Å². The maximum Gasteiger partial charge on any atom is 0.355 e. The summed E-state index contributed by atoms with van der Waals surface area (Å²) in [6.45, 7) is 7.99. The second-order valence-electron chi connectivity index (χ2n) is 9.79. The molecule has 2 N–H and O–H groups in total. The predicted octanol–water partition coefficient (Wildman–Crippen LogP) is 1.89. The van der Waals surface area contributed by atoms with E-state index in [1.807, 2.05) is 6.92 Å². The molecule has 0 bridgehead atoms. The van der Waals surface area contributed by atoms with Crippen LogP contribution >= 0.6 is 0 Å². The second kappa shape index (κ2) is 10.4. The van der Waals surface area contributed by atoms with Crippen LogP contribution in [0, 0.1) is 12.7 Å². The molecule has 0 unspecified atom stereocenters. The summed E-state index contributed by atoms with van der Waals surface area (Å²) in [5.74, 6) is -0.867. The minimum absolute atomic E-state index is 0.0294. The number of amides is 1. The Morgan fingerprint density at radius 2 is 2.00 bits per heavy atom. The van der Waals surface area contributed by atoms with Crippen molar-refractivity contribution in [1.82, 2.24) is 29.4 Å². The summed E-state index contributed by atoms with van der Waals surface area (Å²) >= 11 is 0. The van der Waals surface area contributed by atoms with Gasteiger partial charge >= 0.3 is 5.69 Å². The number of para-hydroxylation sites is 1. The number of piperazine rings is 1. The van der Waals surface area contributed by atoms with Crippen LogP contribution in [0.2, 0.25) is 0 Å². The maximum atomic E-state index is 15.8. The Kier molecular flexibility index (Phi) is 7.03. The highest BCUT2D eigenvalue weighted by Gasteiger charge is 2.31. The monoisotopic (exact) mass is 578 g/mol. The Morgan fingerprint density at radius 1 is 1.24 bits per heavy atom. The summed E-state index contributed by atoms with van der Waals surface area (Å²) < 4.78 is 42.4. The van der Waals surface area contributed by atoms with Gasteiger partial charge < -0.3 is 15.5 Å². The van der Waals surface area contributed by atoms with Gasteiger partial charge in [0.05, 0.1) is 21.5 Å². The van der Waals surface area contributed by atoms with Crippen molar-refractivity contribution in [3.8, 4) is 16.9 Å². The molecule has 212 valence electrons. The molecule has 1 fully saturated rings. The van der Waals surface area contributed by atoms with Gasteiger partial charge in [-0.25, -0.2) is 37.1 Å². The summed E-state index contributed by atoms with van der Waals surface area (Å²) in [6.07, 6.45) is 4.78. The number of anilines is 2. The number of aryl methyl sites for hydroxylation is 1. The van der Waals surface area contributed by atoms with E-state index in [1.54, 1.807) is 28.9 Å². The Hall–Kier alpha value is -4.72. The van der Waals surface area contributed by atoms with Crippen molar-refractivity contribution in [2.24, 2.45) is 0 Å². The summed E-state index contributed by atoms with van der Waals surface area (Å²) in [5.41, 5.74) is 5.55. The van der Waals surface area contributed by atoms with Crippen LogP contribution in [0.5, 0.6) is 0 Å². The molecule has 0 spiro atoms. The van der Waals surface area contributed by atoms with Crippen LogP contribution < -0.4 is 16.3 Å². The number of fused-ring (bicyclic) bond motifs is 1. The van der Waals surface area contributed by atoms with E-state index in [9.17, 15) is 18.0 Å². The molecule has 0 radical (unpaired) electrons. The van der Waals surface area contributed by atoms with E-state index in [0.717, 1.165) is 10.8 Å². The van der Waals surface area contributed by atoms with Crippen LogP contribution in [0.3, 0.4) is 0 Å². The van der Waals surface area contributed by atoms with Crippen molar-refractivity contribution in [2.75, 3.05) is 36.5 Å². The molecule has 12 nitrogen and oxygen atoms in total. The number of carbonyl (C=O) groups excluding carboxylic acids is 1. The Morgan fingerprint density at radius 3 is 2.66 bits per heavy atom. The summed E-state index contributed by atoms with van der Waals surface area (Å²) in [4.78, 5) is 46.0. The van der Waals surface area contributed by atoms with E-state index in [2.05, 4.69) is 26.5 Å². The zero-order valence-corrected chi connectivity index (χ0v) is 23.4. The van der Waals surface area contributed by atoms with E-state index < -0.39 is 21.3 Å². The van der Waals surface area contributed by atoms with Gasteiger partial charge in [0.15, 0.2) is 21.3 Å². The average molecular weight is 579 g/mol. The van der Waals surface area contributed by atoms with E-state index >= 15 is 4.39 Å². The van der Waals surface area contributed by atoms with Gasteiger partial charge in [0.2, 0.25) is 5.91 Å². The average Bonchev–Trinajstić information content (AvgIpc) is 2.92. The standard InChI is InChI=1S/C27H27FN8O4S/c1-5-21(37)34-9-10-35(16(3)13-34)25-17-11-19(28)22(18-12-30-14-31-24(18)29)32-26(17)36(27(38)33-25)23-15(2)7-6-8-20(23)41(4,39)40/h5-8,11-12,14,16H,1,9-10,13H2,2-4H3,(H2,29,30,31)/t16-/m0/s1. The fraction of sp³-hybridized carbons (Fsp3) is 0.259. The summed E-state index contributed by atoms with van der Waals surface area (Å²) in [7, 11) is -3.81. The molecule has 1 saturated heterocycles. The number of hydrogen-bond donors (Lipinski definition) is 1. The SMILES string of the molecule is C=CC(=O)N1CCN(c2nc(=O)n(-c3c(C)cccc3S(C)(=O)=O)c3nc(-c4cncnc4N)c(F)cc23)[C@@H](C)C1. The quantitative estimate of drug-likeness (QED) is 0.347. The zero-order valence-electron chi connectivity index (χ0n) is 22.6. The van der Waals surface area contributed by atoms with Crippen molar-refractivity contribution in [3.63, 3.8) is 0 Å². The molecule has 1 amide bonds. The van der Waals surface area contributed by atoms with Gasteiger partial charge in [-0.3, -0.25) is 4.79 Å². The minimum Gasteiger partial charge on any atom is -0.383 e. The fourth-order valence-electron chi connectivity index (χ4n) is 5.06. The minimum atomic E-state index is -3.81. The summed E-state index contributed by atoms with van der Waals surface area (Å²) in [6, 6.07) is 5.49. The van der Waals surface area contributed by atoms with Crippen LogP contribution in [0.4, 0.5) is 16.0 Å². The lowest BCUT2D eigenvalue weighted by atomic mass is 10.1. The second-order valence-corrected chi connectivity index (χ2v) is 11.8. The molecule has 0 aliphatic carbocycles. The van der Waals surface area contributed by atoms with Crippen molar-refractivity contribution in [3.05, 3.63) is 71.3 Å². The third-order valence-electron chi connectivity index (χ3n) is 7.01. The summed E-state index contributed by atoms with van der Waals surface area (Å²) in [5, 5.41) is 0.166. The molecule has 1 aliphatic heterocycles. The lowest BCUT2D eigenvalue weighted by molar-refractivity contribution is -0.126. The molecule has 5 rings (SSSR count). The van der Waals surface area contributed by atoms with E-state index in [0.29, 0.717) is 25.2 Å². The lowest BCUT2D eigenvalue weighted by Crippen LogP contribution is -2.54. The number of carbonyl (C=O) groups is 1. The number of nitrogens with two attached hydrogens (primary N) is 1. The van der Waals surface area contributed by atoms with Crippen molar-refractivity contribution >= 4 is 38.4 Å². The fourth-order valence-corrected chi connectivity index (χ4v) is 5.99. The highest BCUT2D eigenvalue weighted by molar-refractivity contribution is 7.90. The van der Waals surface area contributed by atoms with Crippen LogP contribution in [0.25, 0.3) is 28.0 Å². The first-order valence-electron chi connectivity index (χ1n) is 12.6. The number of benzene rings is 1. The van der Waals surface area contributed by atoms with Gasteiger partial charge in [-0.05, 0) is 37.6 Å². The third-order valence-corrected chi connectivity index (χ3v) is 8.14. The number of sulfone groups is 1. The number of hydrogen-bond acceptors (Lipinski definition) is 10. The number of nitrogens with zero attached hydrogens (tertiary/aromatic N) is 7. The molecule has 14 heteroatoms. The highest BCUT2D eigenvalue weighted by atomic mass is 32.2. The van der Waals surface area contributed by atoms with Crippen molar-refractivity contribution < 1.29 is 17.6 Å². The van der Waals surface area contributed by atoms with Crippen LogP contribution in [-0.4, -0.2) is 75.7 Å². The predicted molar refractivity (Wildman–Crippen MR) is 152 cm³/mol. The molecule has 1 atom stereocenters. The number of pyridine rings is 1. The van der Waals surface area contributed by atoms with E-state index in [4.69, 9.17) is 5.73 Å². The first kappa shape index (κ1) is 27.8. The highest BCUT2D eigenvalue weighted by Crippen LogP contribution is 2.34. The molecular formula is C27H27FN8O4S. The van der Waals surface area contributed by atoms with Gasteiger partial charge in [0.25, 0.3) is 0 Å². The normalized spacial score (nSPS) is 15.8. The number of halogens is 1. The zero-order chi connectivity index (χ0) is 29.6. The molecule has 1 aliphatic rings. The van der Waals surface area contributed by atoms with Gasteiger partial charge in [-0.2, -0.15) is 4.98 Å². The molecule has 41 heavy (non-hydrogen) atoms. The van der Waals surface area contributed by atoms with Gasteiger partial charge in [-0.15, -0.1) is 0 Å². The van der Waals surface area contributed by atoms with Gasteiger partial charge in [0.1, 0.15) is 23.7 Å². The van der Waals surface area contributed by atoms with E-state index in [1.165, 1.54) is 30.7 Å². The first-order chi connectivity index (χ1) is 19.4. The van der Waals surface area contributed by atoms with Crippen LogP contribution in [-0.2, 0) is 14.6 Å². The van der Waals surface area contributed by atoms with Crippen molar-refractivity contribution in [1.29, 1.82) is 0 Å². The molecular weight excluding hydrogens is 551 g/mol. The molecule has 3 aromatic heterocycles. The number of rotatable bonds is 5. The molecule has 1 aromatic carbocycles. The topological polar surface area (TPSA) is 157 Å². The third kappa shape index (κ3) is 4.90. The molecule has 4 heterocycles. The first-order valence-corrected chi connectivity index (χ1v) is 14.5. The van der Waals surface area contributed by atoms with Crippen molar-refractivity contribution in [2.45, 2.75) is 24.8 Å². The van der Waals surface area contributed by atoms with Crippen LogP contribution in [0.1, 0.15) is 12.5 Å². The molecule has 0 saturated carbocycles. The largest absolute Gasteiger partial charge is 0.383 e. The van der Waals surface area contributed by atoms with Gasteiger partial charge in [-0.1, -0.05) is 18.7 Å². The number of aromatic nitrogens is 5. The maximum absolute atomic E-state index is 15.8. The molecule has 4 aromatic rings. The smallest absolute Gasteiger partial charge is 0.355 e. The van der Waals surface area contributed by atoms with E-state index in [-0.39, 0.29) is 56.5 Å². The Labute approximate surface area is 234 Å². The lowest BCUT2D eigenvalue weighted by Gasteiger charge is -2.40. The number of nitrogen functional groups attached to an aromatic ring is 1. The Bertz CT molecular complexity index is 1890. The Balaban J connectivity index is 1.84.